The minimum Gasteiger partial charge on any atom is -0.365 e. The van der Waals surface area contributed by atoms with Gasteiger partial charge in [-0.2, -0.15) is 5.10 Å². The molecule has 8 nitrogen and oxygen atoms in total. The minimum absolute atomic E-state index is 0.0267. The van der Waals surface area contributed by atoms with Crippen LogP contribution in [0.1, 0.15) is 32.1 Å². The monoisotopic (exact) mass is 435 g/mol. The van der Waals surface area contributed by atoms with Gasteiger partial charge in [-0.1, -0.05) is 35.0 Å². The highest BCUT2D eigenvalue weighted by Gasteiger charge is 2.28. The van der Waals surface area contributed by atoms with Crippen LogP contribution in [0.5, 0.6) is 0 Å². The summed E-state index contributed by atoms with van der Waals surface area (Å²) in [7, 11) is 0. The molecule has 2 aromatic carbocycles. The second kappa shape index (κ2) is 8.08. The summed E-state index contributed by atoms with van der Waals surface area (Å²) in [5, 5.41) is 11.7. The number of para-hydroxylation sites is 1. The van der Waals surface area contributed by atoms with Crippen LogP contribution in [0.4, 0.5) is 5.88 Å². The second-order valence-electron chi connectivity index (χ2n) is 6.85. The van der Waals surface area contributed by atoms with Crippen LogP contribution in [0.15, 0.2) is 59.1 Å². The van der Waals surface area contributed by atoms with E-state index in [1.165, 1.54) is 0 Å². The summed E-state index contributed by atoms with van der Waals surface area (Å²) in [5.74, 6) is -1.40. The predicted molar refractivity (Wildman–Crippen MR) is 116 cm³/mol. The van der Waals surface area contributed by atoms with Gasteiger partial charge in [0.2, 0.25) is 5.88 Å². The Kier molecular flexibility index (Phi) is 5.31. The predicted octanol–water partition coefficient (Wildman–Crippen LogP) is 4.15. The van der Waals surface area contributed by atoms with Crippen molar-refractivity contribution in [3.8, 4) is 16.9 Å². The number of hydrogen-bond acceptors (Lipinski definition) is 5. The van der Waals surface area contributed by atoms with E-state index >= 15 is 0 Å². The molecule has 0 aliphatic carbocycles. The van der Waals surface area contributed by atoms with Crippen LogP contribution in [-0.4, -0.2) is 26.8 Å². The van der Waals surface area contributed by atoms with Crippen LogP contribution in [0.25, 0.3) is 16.9 Å². The third-order valence-corrected chi connectivity index (χ3v) is 5.05. The number of rotatable bonds is 5. The van der Waals surface area contributed by atoms with Crippen LogP contribution in [0.3, 0.4) is 0 Å². The molecule has 31 heavy (non-hydrogen) atoms. The fraction of sp³-hybridized carbons (Fsp3) is 0.0909. The molecule has 0 spiro atoms. The Bertz CT molecular complexity index is 1280. The third kappa shape index (κ3) is 3.80. The number of halogens is 1. The van der Waals surface area contributed by atoms with Crippen LogP contribution >= 0.6 is 11.6 Å². The zero-order valence-electron chi connectivity index (χ0n) is 16.7. The topological polar surface area (TPSA) is 116 Å². The lowest BCUT2D eigenvalue weighted by molar-refractivity contribution is 0.100. The average molecular weight is 436 g/mol. The van der Waals surface area contributed by atoms with E-state index in [0.29, 0.717) is 21.8 Å². The molecule has 2 aromatic heterocycles. The van der Waals surface area contributed by atoms with Crippen molar-refractivity contribution in [1.29, 1.82) is 0 Å². The summed E-state index contributed by atoms with van der Waals surface area (Å²) in [5.41, 5.74) is 8.98. The molecule has 3 N–H and O–H groups in total. The number of amides is 2. The molecule has 0 aliphatic rings. The quantitative estimate of drug-likeness (QED) is 0.488. The molecule has 9 heteroatoms. The van der Waals surface area contributed by atoms with Crippen LogP contribution in [-0.2, 0) is 0 Å². The highest BCUT2D eigenvalue weighted by molar-refractivity contribution is 6.30. The summed E-state index contributed by atoms with van der Waals surface area (Å²) in [6.07, 6.45) is 0. The molecule has 0 unspecified atom stereocenters. The van der Waals surface area contributed by atoms with Crippen LogP contribution in [0, 0.1) is 13.8 Å². The first-order chi connectivity index (χ1) is 14.9. The standard InChI is InChI=1S/C22H18ClN5O3/c1-12-17(13(2)28(26-12)16-6-4-3-5-7-16)19-18(20(24)29)22(31-27-19)25-21(30)14-8-10-15(23)11-9-14/h3-11H,1-2H3,(H2,24,29)(H,25,30). The molecule has 0 aliphatic heterocycles. The molecule has 4 rings (SSSR count). The number of aromatic nitrogens is 3. The van der Waals surface area contributed by atoms with Gasteiger partial charge in [0.25, 0.3) is 11.8 Å². The van der Waals surface area contributed by atoms with E-state index in [0.717, 1.165) is 11.4 Å². The number of nitrogens with one attached hydrogen (secondary N) is 1. The molecule has 0 bridgehead atoms. The number of benzene rings is 2. The van der Waals surface area contributed by atoms with Crippen molar-refractivity contribution < 1.29 is 14.1 Å². The van der Waals surface area contributed by atoms with Crippen LogP contribution < -0.4 is 11.1 Å². The fourth-order valence-corrected chi connectivity index (χ4v) is 3.48. The van der Waals surface area contributed by atoms with Crippen molar-refractivity contribution in [2.75, 3.05) is 5.32 Å². The summed E-state index contributed by atoms with van der Waals surface area (Å²) >= 11 is 5.86. The molecule has 0 saturated carbocycles. The summed E-state index contributed by atoms with van der Waals surface area (Å²) in [6, 6.07) is 15.8. The number of anilines is 1. The molecule has 0 atom stereocenters. The first-order valence-electron chi connectivity index (χ1n) is 9.35. The summed E-state index contributed by atoms with van der Waals surface area (Å²) in [4.78, 5) is 24.8. The van der Waals surface area contributed by atoms with E-state index in [-0.39, 0.29) is 17.1 Å². The fourth-order valence-electron chi connectivity index (χ4n) is 3.36. The van der Waals surface area contributed by atoms with Gasteiger partial charge in [0.15, 0.2) is 0 Å². The van der Waals surface area contributed by atoms with Gasteiger partial charge in [-0.05, 0) is 50.2 Å². The van der Waals surface area contributed by atoms with E-state index in [9.17, 15) is 9.59 Å². The van der Waals surface area contributed by atoms with Gasteiger partial charge in [-0.25, -0.2) is 4.68 Å². The first-order valence-corrected chi connectivity index (χ1v) is 9.73. The maximum atomic E-state index is 12.6. The zero-order valence-corrected chi connectivity index (χ0v) is 17.5. The molecule has 4 aromatic rings. The minimum atomic E-state index is -0.783. The third-order valence-electron chi connectivity index (χ3n) is 4.80. The number of carbonyl (C=O) groups excluding carboxylic acids is 2. The Morgan fingerprint density at radius 2 is 1.74 bits per heavy atom. The van der Waals surface area contributed by atoms with E-state index < -0.39 is 11.8 Å². The Labute approximate surface area is 182 Å². The molecule has 0 fully saturated rings. The lowest BCUT2D eigenvalue weighted by Gasteiger charge is -2.05. The van der Waals surface area contributed by atoms with E-state index in [2.05, 4.69) is 15.6 Å². The molecular formula is C22H18ClN5O3. The van der Waals surface area contributed by atoms with E-state index in [1.54, 1.807) is 35.9 Å². The van der Waals surface area contributed by atoms with Crippen molar-refractivity contribution in [3.05, 3.63) is 82.1 Å². The van der Waals surface area contributed by atoms with Gasteiger partial charge < -0.3 is 10.3 Å². The van der Waals surface area contributed by atoms with E-state index in [4.69, 9.17) is 21.9 Å². The zero-order chi connectivity index (χ0) is 22.1. The van der Waals surface area contributed by atoms with Gasteiger partial charge in [0.05, 0.1) is 17.1 Å². The van der Waals surface area contributed by atoms with Crippen LogP contribution in [0.2, 0.25) is 5.02 Å². The molecule has 0 radical (unpaired) electrons. The molecule has 2 amide bonds. The molecular weight excluding hydrogens is 418 g/mol. The Hall–Kier alpha value is -3.91. The Balaban J connectivity index is 1.75. The number of carbonyl (C=O) groups is 2. The van der Waals surface area contributed by atoms with Gasteiger partial charge in [-0.3, -0.25) is 14.9 Å². The lowest BCUT2D eigenvalue weighted by atomic mass is 10.0. The maximum Gasteiger partial charge on any atom is 0.258 e. The van der Waals surface area contributed by atoms with Gasteiger partial charge in [0.1, 0.15) is 11.3 Å². The van der Waals surface area contributed by atoms with Crippen molar-refractivity contribution in [3.63, 3.8) is 0 Å². The van der Waals surface area contributed by atoms with Gasteiger partial charge in [-0.15, -0.1) is 0 Å². The first kappa shape index (κ1) is 20.4. The number of nitrogens with two attached hydrogens (primary N) is 1. The Morgan fingerprint density at radius 3 is 2.39 bits per heavy atom. The number of aryl methyl sites for hydroxylation is 1. The number of primary amides is 1. The number of nitrogens with zero attached hydrogens (tertiary/aromatic N) is 3. The summed E-state index contributed by atoms with van der Waals surface area (Å²) < 4.78 is 7.05. The van der Waals surface area contributed by atoms with Gasteiger partial charge >= 0.3 is 0 Å². The second-order valence-corrected chi connectivity index (χ2v) is 7.29. The van der Waals surface area contributed by atoms with Crippen molar-refractivity contribution in [1.82, 2.24) is 14.9 Å². The van der Waals surface area contributed by atoms with Crippen molar-refractivity contribution in [2.45, 2.75) is 13.8 Å². The van der Waals surface area contributed by atoms with Crippen molar-refractivity contribution in [2.24, 2.45) is 5.73 Å². The van der Waals surface area contributed by atoms with Gasteiger partial charge in [0, 0.05) is 16.1 Å². The maximum absolute atomic E-state index is 12.6. The molecule has 156 valence electrons. The number of hydrogen-bond donors (Lipinski definition) is 2. The highest BCUT2D eigenvalue weighted by Crippen LogP contribution is 2.34. The largest absolute Gasteiger partial charge is 0.365 e. The molecule has 2 heterocycles. The smallest absolute Gasteiger partial charge is 0.258 e. The Morgan fingerprint density at radius 1 is 1.06 bits per heavy atom. The van der Waals surface area contributed by atoms with Crippen molar-refractivity contribution >= 4 is 29.3 Å². The SMILES string of the molecule is Cc1nn(-c2ccccc2)c(C)c1-c1noc(NC(=O)c2ccc(Cl)cc2)c1C(N)=O. The average Bonchev–Trinajstić information content (AvgIpc) is 3.29. The molecule has 0 saturated heterocycles. The lowest BCUT2D eigenvalue weighted by Crippen LogP contribution is -2.17. The highest BCUT2D eigenvalue weighted by atomic mass is 35.5. The summed E-state index contributed by atoms with van der Waals surface area (Å²) in [6.45, 7) is 3.65. The normalized spacial score (nSPS) is 10.8. The van der Waals surface area contributed by atoms with E-state index in [1.807, 2.05) is 37.3 Å².